The van der Waals surface area contributed by atoms with Gasteiger partial charge in [0, 0.05) is 12.6 Å². The lowest BCUT2D eigenvalue weighted by molar-refractivity contribution is 0.135. The first-order valence-electron chi connectivity index (χ1n) is 7.63. The van der Waals surface area contributed by atoms with E-state index in [1.807, 2.05) is 24.3 Å². The summed E-state index contributed by atoms with van der Waals surface area (Å²) in [6.07, 6.45) is 3.67. The molecule has 1 N–H and O–H groups in total. The minimum absolute atomic E-state index is 0. The fourth-order valence-corrected chi connectivity index (χ4v) is 2.96. The van der Waals surface area contributed by atoms with Crippen LogP contribution in [0.4, 0.5) is 0 Å². The molecule has 1 aromatic carbocycles. The molecule has 1 saturated heterocycles. The number of nitrogens with one attached hydrogen (secondary N) is 1. The summed E-state index contributed by atoms with van der Waals surface area (Å²) in [6, 6.07) is 8.38. The average Bonchev–Trinajstić information content (AvgIpc) is 2.49. The standard InChI is InChI=1S/C16H25ClN2O.ClH/c1-2-11-19(14-7-9-18-10-8-14)12-13-20-16-6-4-3-5-15(16)17;/h3-6,14,18H,2,7-13H2,1H3;1H. The molecule has 0 atom stereocenters. The van der Waals surface area contributed by atoms with E-state index >= 15 is 0 Å². The molecule has 0 unspecified atom stereocenters. The summed E-state index contributed by atoms with van der Waals surface area (Å²) in [6.45, 7) is 7.34. The van der Waals surface area contributed by atoms with Crippen LogP contribution in [0.3, 0.4) is 0 Å². The Morgan fingerprint density at radius 2 is 1.95 bits per heavy atom. The van der Waals surface area contributed by atoms with Crippen molar-refractivity contribution in [2.24, 2.45) is 0 Å². The molecule has 3 nitrogen and oxygen atoms in total. The van der Waals surface area contributed by atoms with Gasteiger partial charge < -0.3 is 10.1 Å². The Bertz CT molecular complexity index is 398. The van der Waals surface area contributed by atoms with Gasteiger partial charge in [-0.15, -0.1) is 12.4 Å². The summed E-state index contributed by atoms with van der Waals surface area (Å²) in [5.74, 6) is 0.788. The summed E-state index contributed by atoms with van der Waals surface area (Å²) in [5, 5.41) is 4.12. The number of hydrogen-bond donors (Lipinski definition) is 1. The molecule has 120 valence electrons. The number of para-hydroxylation sites is 1. The summed E-state index contributed by atoms with van der Waals surface area (Å²) in [7, 11) is 0. The lowest BCUT2D eigenvalue weighted by atomic mass is 10.0. The first-order valence-corrected chi connectivity index (χ1v) is 8.01. The second kappa shape index (κ2) is 10.3. The van der Waals surface area contributed by atoms with Crippen molar-refractivity contribution < 1.29 is 4.74 Å². The topological polar surface area (TPSA) is 24.5 Å². The molecule has 5 heteroatoms. The lowest BCUT2D eigenvalue weighted by Crippen LogP contribution is -2.45. The SMILES string of the molecule is CCCN(CCOc1ccccc1Cl)C1CCNCC1.Cl. The van der Waals surface area contributed by atoms with E-state index in [4.69, 9.17) is 16.3 Å². The number of hydrogen-bond acceptors (Lipinski definition) is 3. The van der Waals surface area contributed by atoms with Gasteiger partial charge in [-0.05, 0) is 51.0 Å². The second-order valence-corrected chi connectivity index (χ2v) is 5.70. The molecule has 1 aromatic rings. The van der Waals surface area contributed by atoms with Gasteiger partial charge in [0.15, 0.2) is 0 Å². The Balaban J connectivity index is 0.00000220. The molecule has 1 fully saturated rings. The fourth-order valence-electron chi connectivity index (χ4n) is 2.77. The first kappa shape index (κ1) is 18.6. The van der Waals surface area contributed by atoms with Gasteiger partial charge in [0.2, 0.25) is 0 Å². The summed E-state index contributed by atoms with van der Waals surface area (Å²) in [4.78, 5) is 2.57. The summed E-state index contributed by atoms with van der Waals surface area (Å²) < 4.78 is 5.82. The second-order valence-electron chi connectivity index (χ2n) is 5.30. The van der Waals surface area contributed by atoms with Crippen LogP contribution in [0, 0.1) is 0 Å². The van der Waals surface area contributed by atoms with Gasteiger partial charge in [-0.3, -0.25) is 4.90 Å². The minimum atomic E-state index is 0. The Morgan fingerprint density at radius 1 is 1.24 bits per heavy atom. The summed E-state index contributed by atoms with van der Waals surface area (Å²) in [5.41, 5.74) is 0. The van der Waals surface area contributed by atoms with Crippen molar-refractivity contribution in [1.82, 2.24) is 10.2 Å². The zero-order valence-electron chi connectivity index (χ0n) is 12.7. The van der Waals surface area contributed by atoms with Gasteiger partial charge in [0.05, 0.1) is 5.02 Å². The van der Waals surface area contributed by atoms with E-state index in [0.29, 0.717) is 17.7 Å². The van der Waals surface area contributed by atoms with Gasteiger partial charge in [0.1, 0.15) is 12.4 Å². The average molecular weight is 333 g/mol. The van der Waals surface area contributed by atoms with Gasteiger partial charge in [0.25, 0.3) is 0 Å². The van der Waals surface area contributed by atoms with Gasteiger partial charge >= 0.3 is 0 Å². The van der Waals surface area contributed by atoms with Crippen molar-refractivity contribution in [2.45, 2.75) is 32.2 Å². The van der Waals surface area contributed by atoms with Crippen LogP contribution in [-0.2, 0) is 0 Å². The van der Waals surface area contributed by atoms with Crippen LogP contribution in [0.15, 0.2) is 24.3 Å². The molecule has 2 rings (SSSR count). The van der Waals surface area contributed by atoms with Crippen LogP contribution in [0.2, 0.25) is 5.02 Å². The van der Waals surface area contributed by atoms with Crippen molar-refractivity contribution in [3.8, 4) is 5.75 Å². The van der Waals surface area contributed by atoms with Gasteiger partial charge in [-0.1, -0.05) is 30.7 Å². The monoisotopic (exact) mass is 332 g/mol. The predicted molar refractivity (Wildman–Crippen MR) is 92.0 cm³/mol. The molecule has 0 saturated carbocycles. The van der Waals surface area contributed by atoms with E-state index in [1.165, 1.54) is 19.3 Å². The highest BCUT2D eigenvalue weighted by Crippen LogP contribution is 2.23. The van der Waals surface area contributed by atoms with Crippen LogP contribution >= 0.6 is 24.0 Å². The smallest absolute Gasteiger partial charge is 0.137 e. The lowest BCUT2D eigenvalue weighted by Gasteiger charge is -2.34. The largest absolute Gasteiger partial charge is 0.491 e. The Kier molecular flexibility index (Phi) is 9.09. The number of ether oxygens (including phenoxy) is 1. The third-order valence-corrected chi connectivity index (χ3v) is 4.12. The van der Waals surface area contributed by atoms with Crippen LogP contribution in [0.25, 0.3) is 0 Å². The van der Waals surface area contributed by atoms with Crippen LogP contribution in [0.1, 0.15) is 26.2 Å². The van der Waals surface area contributed by atoms with E-state index in [2.05, 4.69) is 17.1 Å². The molecule has 0 amide bonds. The van der Waals surface area contributed by atoms with Gasteiger partial charge in [-0.25, -0.2) is 0 Å². The maximum absolute atomic E-state index is 6.10. The van der Waals surface area contributed by atoms with Crippen LogP contribution in [-0.4, -0.2) is 43.7 Å². The Hall–Kier alpha value is -0.480. The number of piperidine rings is 1. The number of halogens is 2. The first-order chi connectivity index (χ1) is 9.81. The fraction of sp³-hybridized carbons (Fsp3) is 0.625. The zero-order valence-corrected chi connectivity index (χ0v) is 14.3. The van der Waals surface area contributed by atoms with E-state index in [9.17, 15) is 0 Å². The van der Waals surface area contributed by atoms with Crippen molar-refractivity contribution >= 4 is 24.0 Å². The molecule has 0 aromatic heterocycles. The maximum atomic E-state index is 6.10. The van der Waals surface area contributed by atoms with Crippen LogP contribution < -0.4 is 10.1 Å². The molecular formula is C16H26Cl2N2O. The molecule has 0 spiro atoms. The van der Waals surface area contributed by atoms with Crippen molar-refractivity contribution in [1.29, 1.82) is 0 Å². The number of benzene rings is 1. The van der Waals surface area contributed by atoms with Crippen LogP contribution in [0.5, 0.6) is 5.75 Å². The molecule has 1 aliphatic rings. The third-order valence-electron chi connectivity index (χ3n) is 3.81. The maximum Gasteiger partial charge on any atom is 0.137 e. The number of nitrogens with zero attached hydrogens (tertiary/aromatic N) is 1. The Morgan fingerprint density at radius 3 is 2.62 bits per heavy atom. The van der Waals surface area contributed by atoms with E-state index < -0.39 is 0 Å². The number of rotatable bonds is 7. The van der Waals surface area contributed by atoms with Gasteiger partial charge in [-0.2, -0.15) is 0 Å². The summed E-state index contributed by atoms with van der Waals surface area (Å²) >= 11 is 6.10. The highest BCUT2D eigenvalue weighted by molar-refractivity contribution is 6.32. The molecule has 0 bridgehead atoms. The Labute approximate surface area is 139 Å². The van der Waals surface area contributed by atoms with Crippen molar-refractivity contribution in [3.05, 3.63) is 29.3 Å². The highest BCUT2D eigenvalue weighted by atomic mass is 35.5. The molecule has 1 heterocycles. The molecule has 21 heavy (non-hydrogen) atoms. The minimum Gasteiger partial charge on any atom is -0.491 e. The predicted octanol–water partition coefficient (Wildman–Crippen LogP) is 3.60. The zero-order chi connectivity index (χ0) is 14.2. The third kappa shape index (κ3) is 6.03. The molecule has 0 radical (unpaired) electrons. The molecular weight excluding hydrogens is 307 g/mol. The quantitative estimate of drug-likeness (QED) is 0.825. The van der Waals surface area contributed by atoms with E-state index in [1.54, 1.807) is 0 Å². The van der Waals surface area contributed by atoms with Crippen molar-refractivity contribution in [2.75, 3.05) is 32.8 Å². The molecule has 1 aliphatic heterocycles. The van der Waals surface area contributed by atoms with E-state index in [0.717, 1.165) is 31.9 Å². The highest BCUT2D eigenvalue weighted by Gasteiger charge is 2.20. The molecule has 0 aliphatic carbocycles. The van der Waals surface area contributed by atoms with Crippen molar-refractivity contribution in [3.63, 3.8) is 0 Å². The normalized spacial score (nSPS) is 15.8. The van der Waals surface area contributed by atoms with E-state index in [-0.39, 0.29) is 12.4 Å².